The summed E-state index contributed by atoms with van der Waals surface area (Å²) in [5.74, 6) is 4.36. The molecule has 3 N–H and O–H groups in total. The van der Waals surface area contributed by atoms with Crippen LogP contribution in [0.5, 0.6) is 0 Å². The minimum Gasteiger partial charge on any atom is -0.481 e. The standard InChI is InChI=1S/C17H20O4/c18-14(10-12-4-2-1-3-5-12)8-6-13-7-9-16(19)15(13)11-17(20)21/h1-5,13-16,18-19H,7,9-11H2,(H,20,21)/t13-,14?,15+,16-/m1/s1. The largest absolute Gasteiger partial charge is 0.481 e. The highest BCUT2D eigenvalue weighted by Gasteiger charge is 2.35. The molecule has 1 aromatic carbocycles. The van der Waals surface area contributed by atoms with Crippen LogP contribution in [0, 0.1) is 23.7 Å². The van der Waals surface area contributed by atoms with Crippen molar-refractivity contribution in [3.05, 3.63) is 35.9 Å². The van der Waals surface area contributed by atoms with E-state index in [1.807, 2.05) is 30.3 Å². The van der Waals surface area contributed by atoms with E-state index in [1.54, 1.807) is 0 Å². The van der Waals surface area contributed by atoms with Crippen LogP contribution in [0.25, 0.3) is 0 Å². The maximum atomic E-state index is 10.8. The molecule has 0 heterocycles. The number of hydrogen-bond acceptors (Lipinski definition) is 3. The van der Waals surface area contributed by atoms with Crippen LogP contribution in [0.15, 0.2) is 30.3 Å². The number of aliphatic hydroxyl groups excluding tert-OH is 2. The van der Waals surface area contributed by atoms with Gasteiger partial charge in [-0.3, -0.25) is 4.79 Å². The van der Waals surface area contributed by atoms with Gasteiger partial charge in [0, 0.05) is 18.3 Å². The molecule has 1 aliphatic carbocycles. The molecule has 0 saturated heterocycles. The third-order valence-corrected chi connectivity index (χ3v) is 3.90. The van der Waals surface area contributed by atoms with E-state index in [0.717, 1.165) is 5.56 Å². The number of aliphatic hydroxyl groups is 2. The molecular weight excluding hydrogens is 268 g/mol. The predicted octanol–water partition coefficient (Wildman–Crippen LogP) is 1.46. The van der Waals surface area contributed by atoms with Crippen LogP contribution >= 0.6 is 0 Å². The summed E-state index contributed by atoms with van der Waals surface area (Å²) in [6.07, 6.45) is 0.264. The fourth-order valence-corrected chi connectivity index (χ4v) is 2.80. The van der Waals surface area contributed by atoms with Gasteiger partial charge in [-0.15, -0.1) is 0 Å². The van der Waals surface area contributed by atoms with Gasteiger partial charge in [0.1, 0.15) is 6.10 Å². The van der Waals surface area contributed by atoms with E-state index in [0.29, 0.717) is 19.3 Å². The lowest BCUT2D eigenvalue weighted by molar-refractivity contribution is -0.139. The molecule has 112 valence electrons. The van der Waals surface area contributed by atoms with Crippen molar-refractivity contribution in [3.63, 3.8) is 0 Å². The van der Waals surface area contributed by atoms with Gasteiger partial charge in [-0.05, 0) is 18.4 Å². The monoisotopic (exact) mass is 288 g/mol. The predicted molar refractivity (Wildman–Crippen MR) is 78.4 cm³/mol. The number of aliphatic carboxylic acids is 1. The van der Waals surface area contributed by atoms with Crippen molar-refractivity contribution in [3.8, 4) is 11.8 Å². The highest BCUT2D eigenvalue weighted by Crippen LogP contribution is 2.34. The number of carbonyl (C=O) groups is 1. The van der Waals surface area contributed by atoms with Crippen LogP contribution < -0.4 is 0 Å². The lowest BCUT2D eigenvalue weighted by Gasteiger charge is -2.15. The second kappa shape index (κ2) is 7.26. The maximum absolute atomic E-state index is 10.8. The van der Waals surface area contributed by atoms with Crippen LogP contribution in [-0.4, -0.2) is 33.5 Å². The Morgan fingerprint density at radius 2 is 2.00 bits per heavy atom. The Hall–Kier alpha value is -1.83. The summed E-state index contributed by atoms with van der Waals surface area (Å²) in [6.45, 7) is 0. The number of hydrogen-bond donors (Lipinski definition) is 3. The number of carboxylic acids is 1. The number of rotatable bonds is 4. The molecule has 0 aromatic heterocycles. The fourth-order valence-electron chi connectivity index (χ4n) is 2.80. The Balaban J connectivity index is 1.95. The molecule has 1 unspecified atom stereocenters. The minimum absolute atomic E-state index is 0.0741. The van der Waals surface area contributed by atoms with Crippen LogP contribution in [0.1, 0.15) is 24.8 Å². The van der Waals surface area contributed by atoms with Crippen molar-refractivity contribution < 1.29 is 20.1 Å². The number of carboxylic acid groups (broad SMARTS) is 1. The van der Waals surface area contributed by atoms with Crippen molar-refractivity contribution in [1.29, 1.82) is 0 Å². The molecule has 0 bridgehead atoms. The second-order valence-corrected chi connectivity index (χ2v) is 5.51. The summed E-state index contributed by atoms with van der Waals surface area (Å²) in [5, 5.41) is 28.6. The van der Waals surface area contributed by atoms with Gasteiger partial charge in [0.15, 0.2) is 0 Å². The highest BCUT2D eigenvalue weighted by atomic mass is 16.4. The molecule has 1 fully saturated rings. The molecule has 4 nitrogen and oxygen atoms in total. The third-order valence-electron chi connectivity index (χ3n) is 3.90. The normalized spacial score (nSPS) is 25.9. The second-order valence-electron chi connectivity index (χ2n) is 5.51. The first-order chi connectivity index (χ1) is 10.1. The smallest absolute Gasteiger partial charge is 0.303 e. The fraction of sp³-hybridized carbons (Fsp3) is 0.471. The van der Waals surface area contributed by atoms with Crippen molar-refractivity contribution in [2.45, 2.75) is 37.9 Å². The van der Waals surface area contributed by atoms with Gasteiger partial charge in [0.2, 0.25) is 0 Å². The molecule has 0 radical (unpaired) electrons. The average molecular weight is 288 g/mol. The summed E-state index contributed by atoms with van der Waals surface area (Å²) in [4.78, 5) is 10.8. The van der Waals surface area contributed by atoms with Crippen molar-refractivity contribution in [2.75, 3.05) is 0 Å². The molecule has 1 aliphatic rings. The van der Waals surface area contributed by atoms with Crippen LogP contribution in [0.2, 0.25) is 0 Å². The first-order valence-corrected chi connectivity index (χ1v) is 7.19. The van der Waals surface area contributed by atoms with Crippen molar-refractivity contribution in [1.82, 2.24) is 0 Å². The van der Waals surface area contributed by atoms with E-state index in [1.165, 1.54) is 0 Å². The topological polar surface area (TPSA) is 77.8 Å². The van der Waals surface area contributed by atoms with E-state index in [9.17, 15) is 15.0 Å². The van der Waals surface area contributed by atoms with E-state index in [2.05, 4.69) is 11.8 Å². The Morgan fingerprint density at radius 1 is 1.29 bits per heavy atom. The number of benzene rings is 1. The molecular formula is C17H20O4. The Labute approximate surface area is 124 Å². The molecule has 0 amide bonds. The lowest BCUT2D eigenvalue weighted by Crippen LogP contribution is -2.22. The quantitative estimate of drug-likeness (QED) is 0.733. The van der Waals surface area contributed by atoms with E-state index >= 15 is 0 Å². The molecule has 0 spiro atoms. The van der Waals surface area contributed by atoms with Gasteiger partial charge in [-0.25, -0.2) is 0 Å². The molecule has 0 aliphatic heterocycles. The first kappa shape index (κ1) is 15.6. The molecule has 1 saturated carbocycles. The maximum Gasteiger partial charge on any atom is 0.303 e. The Bertz CT molecular complexity index is 529. The van der Waals surface area contributed by atoms with Gasteiger partial charge in [0.25, 0.3) is 0 Å². The lowest BCUT2D eigenvalue weighted by atomic mass is 9.92. The van der Waals surface area contributed by atoms with Crippen LogP contribution in [0.3, 0.4) is 0 Å². The SMILES string of the molecule is O=C(O)C[C@@H]1[C@H](O)CC[C@H]1C#CC(O)Cc1ccccc1. The molecule has 1 aromatic rings. The van der Waals surface area contributed by atoms with Gasteiger partial charge in [-0.1, -0.05) is 42.2 Å². The van der Waals surface area contributed by atoms with Gasteiger partial charge in [-0.2, -0.15) is 0 Å². The summed E-state index contributed by atoms with van der Waals surface area (Å²) >= 11 is 0. The van der Waals surface area contributed by atoms with E-state index in [-0.39, 0.29) is 18.3 Å². The molecule has 4 heteroatoms. The van der Waals surface area contributed by atoms with Crippen LogP contribution in [-0.2, 0) is 11.2 Å². The minimum atomic E-state index is -0.919. The van der Waals surface area contributed by atoms with Gasteiger partial charge in [0.05, 0.1) is 12.5 Å². The van der Waals surface area contributed by atoms with Gasteiger partial charge >= 0.3 is 5.97 Å². The zero-order chi connectivity index (χ0) is 15.2. The zero-order valence-corrected chi connectivity index (χ0v) is 11.8. The van der Waals surface area contributed by atoms with Gasteiger partial charge < -0.3 is 15.3 Å². The first-order valence-electron chi connectivity index (χ1n) is 7.19. The Kier molecular flexibility index (Phi) is 5.38. The summed E-state index contributed by atoms with van der Waals surface area (Å²) < 4.78 is 0. The van der Waals surface area contributed by atoms with E-state index in [4.69, 9.17) is 5.11 Å². The summed E-state index contributed by atoms with van der Waals surface area (Å²) in [7, 11) is 0. The summed E-state index contributed by atoms with van der Waals surface area (Å²) in [5.41, 5.74) is 1.01. The average Bonchev–Trinajstić information content (AvgIpc) is 2.78. The molecule has 21 heavy (non-hydrogen) atoms. The van der Waals surface area contributed by atoms with Crippen LogP contribution in [0.4, 0.5) is 0 Å². The van der Waals surface area contributed by atoms with Crippen molar-refractivity contribution in [2.24, 2.45) is 11.8 Å². The summed E-state index contributed by atoms with van der Waals surface area (Å²) in [6, 6.07) is 9.59. The Morgan fingerprint density at radius 3 is 2.67 bits per heavy atom. The molecule has 2 rings (SSSR count). The van der Waals surface area contributed by atoms with E-state index < -0.39 is 18.2 Å². The molecule has 4 atom stereocenters. The van der Waals surface area contributed by atoms with Crippen molar-refractivity contribution >= 4 is 5.97 Å². The third kappa shape index (κ3) is 4.59. The zero-order valence-electron chi connectivity index (χ0n) is 11.8. The highest BCUT2D eigenvalue weighted by molar-refractivity contribution is 5.67.